The highest BCUT2D eigenvalue weighted by Crippen LogP contribution is 2.32. The van der Waals surface area contributed by atoms with Gasteiger partial charge >= 0.3 is 0 Å². The van der Waals surface area contributed by atoms with E-state index in [0.717, 1.165) is 12.8 Å². The summed E-state index contributed by atoms with van der Waals surface area (Å²) in [5.74, 6) is -0.0843. The van der Waals surface area contributed by atoms with Gasteiger partial charge in [0.05, 0.1) is 10.6 Å². The van der Waals surface area contributed by atoms with Crippen LogP contribution in [0.25, 0.3) is 11.3 Å². The highest BCUT2D eigenvalue weighted by atomic mass is 35.5. The van der Waals surface area contributed by atoms with Crippen molar-refractivity contribution in [2.24, 2.45) is 5.92 Å². The molecule has 5 nitrogen and oxygen atoms in total. The first kappa shape index (κ1) is 17.0. The van der Waals surface area contributed by atoms with Crippen LogP contribution in [0.15, 0.2) is 35.1 Å². The lowest BCUT2D eigenvalue weighted by Gasteiger charge is -2.38. The van der Waals surface area contributed by atoms with Crippen molar-refractivity contribution in [1.82, 2.24) is 10.1 Å². The maximum Gasteiger partial charge on any atom is 0.259 e. The first-order valence-electron chi connectivity index (χ1n) is 8.09. The summed E-state index contributed by atoms with van der Waals surface area (Å²) >= 11 is 6.22. The Balaban J connectivity index is 1.87. The van der Waals surface area contributed by atoms with Gasteiger partial charge in [0.2, 0.25) is 0 Å². The zero-order chi connectivity index (χ0) is 17.3. The van der Waals surface area contributed by atoms with Gasteiger partial charge in [-0.3, -0.25) is 4.79 Å². The molecule has 0 unspecified atom stereocenters. The molecule has 1 aliphatic rings. The Bertz CT molecular complexity index is 736. The summed E-state index contributed by atoms with van der Waals surface area (Å²) in [5, 5.41) is 14.8. The van der Waals surface area contributed by atoms with Crippen LogP contribution in [-0.2, 0) is 0 Å². The number of aliphatic hydroxyl groups is 1. The van der Waals surface area contributed by atoms with E-state index in [-0.39, 0.29) is 11.8 Å². The molecule has 0 radical (unpaired) electrons. The van der Waals surface area contributed by atoms with Crippen LogP contribution in [0.1, 0.15) is 37.0 Å². The predicted molar refractivity (Wildman–Crippen MR) is 91.9 cm³/mol. The maximum absolute atomic E-state index is 12.9. The van der Waals surface area contributed by atoms with Crippen LogP contribution in [0.3, 0.4) is 0 Å². The van der Waals surface area contributed by atoms with Crippen molar-refractivity contribution in [3.63, 3.8) is 0 Å². The number of halogens is 1. The standard InChI is InChI=1S/C18H21ClN2O3/c1-18(2,23)12-6-5-9-21(10-12)17(22)14-11-24-20-16(14)13-7-3-4-8-15(13)19/h3-4,7-8,11-12,23H,5-6,9-10H2,1-2H3/t12-/m0/s1. The van der Waals surface area contributed by atoms with Gasteiger partial charge in [-0.15, -0.1) is 0 Å². The average molecular weight is 349 g/mol. The molecule has 128 valence electrons. The van der Waals surface area contributed by atoms with E-state index in [1.807, 2.05) is 18.2 Å². The number of piperidine rings is 1. The number of nitrogens with zero attached hydrogens (tertiary/aromatic N) is 2. The Hall–Kier alpha value is -1.85. The molecule has 24 heavy (non-hydrogen) atoms. The second kappa shape index (κ2) is 6.57. The van der Waals surface area contributed by atoms with E-state index in [1.165, 1.54) is 6.26 Å². The van der Waals surface area contributed by atoms with Crippen LogP contribution in [-0.4, -0.2) is 39.8 Å². The maximum atomic E-state index is 12.9. The molecule has 1 N–H and O–H groups in total. The van der Waals surface area contributed by atoms with Gasteiger partial charge in [-0.05, 0) is 32.8 Å². The van der Waals surface area contributed by atoms with Crippen LogP contribution < -0.4 is 0 Å². The zero-order valence-corrected chi connectivity index (χ0v) is 14.6. The number of carbonyl (C=O) groups excluding carboxylic acids is 1. The van der Waals surface area contributed by atoms with Crippen molar-refractivity contribution in [2.75, 3.05) is 13.1 Å². The summed E-state index contributed by atoms with van der Waals surface area (Å²) in [7, 11) is 0. The number of likely N-dealkylation sites (tertiary alicyclic amines) is 1. The Labute approximate surface area is 146 Å². The predicted octanol–water partition coefficient (Wildman–Crippen LogP) is 3.62. The van der Waals surface area contributed by atoms with Crippen LogP contribution in [0.4, 0.5) is 0 Å². The van der Waals surface area contributed by atoms with E-state index < -0.39 is 5.60 Å². The topological polar surface area (TPSA) is 66.6 Å². The lowest BCUT2D eigenvalue weighted by atomic mass is 9.84. The fourth-order valence-corrected chi connectivity index (χ4v) is 3.37. The number of amides is 1. The molecule has 0 aliphatic carbocycles. The molecule has 0 spiro atoms. The van der Waals surface area contributed by atoms with E-state index >= 15 is 0 Å². The van der Waals surface area contributed by atoms with Crippen molar-refractivity contribution in [2.45, 2.75) is 32.3 Å². The summed E-state index contributed by atoms with van der Waals surface area (Å²) in [5.41, 5.74) is 0.724. The fourth-order valence-electron chi connectivity index (χ4n) is 3.14. The van der Waals surface area contributed by atoms with E-state index in [4.69, 9.17) is 16.1 Å². The number of hydrogen-bond acceptors (Lipinski definition) is 4. The number of rotatable bonds is 3. The normalized spacial score (nSPS) is 18.7. The number of benzene rings is 1. The molecule has 6 heteroatoms. The minimum Gasteiger partial charge on any atom is -0.390 e. The molecule has 1 amide bonds. The molecule has 1 aliphatic heterocycles. The second-order valence-corrected chi connectivity index (χ2v) is 7.21. The average Bonchev–Trinajstić information content (AvgIpc) is 3.03. The van der Waals surface area contributed by atoms with Gasteiger partial charge in [0.15, 0.2) is 0 Å². The Morgan fingerprint density at radius 1 is 1.42 bits per heavy atom. The summed E-state index contributed by atoms with van der Waals surface area (Å²) in [6.45, 7) is 4.77. The summed E-state index contributed by atoms with van der Waals surface area (Å²) in [6.07, 6.45) is 3.15. The van der Waals surface area contributed by atoms with Crippen molar-refractivity contribution >= 4 is 17.5 Å². The van der Waals surface area contributed by atoms with Crippen molar-refractivity contribution in [3.05, 3.63) is 41.1 Å². The molecule has 2 aromatic rings. The molecule has 1 saturated heterocycles. The number of carbonyl (C=O) groups is 1. The third-order valence-corrected chi connectivity index (χ3v) is 4.97. The van der Waals surface area contributed by atoms with E-state index in [1.54, 1.807) is 24.8 Å². The van der Waals surface area contributed by atoms with E-state index in [0.29, 0.717) is 34.9 Å². The highest BCUT2D eigenvalue weighted by molar-refractivity contribution is 6.33. The zero-order valence-electron chi connectivity index (χ0n) is 13.8. The number of hydrogen-bond donors (Lipinski definition) is 1. The molecular weight excluding hydrogens is 328 g/mol. The fraction of sp³-hybridized carbons (Fsp3) is 0.444. The van der Waals surface area contributed by atoms with Gasteiger partial charge in [-0.25, -0.2) is 0 Å². The van der Waals surface area contributed by atoms with Gasteiger partial charge in [-0.2, -0.15) is 0 Å². The lowest BCUT2D eigenvalue weighted by molar-refractivity contribution is -0.0146. The van der Waals surface area contributed by atoms with Crippen molar-refractivity contribution in [3.8, 4) is 11.3 Å². The van der Waals surface area contributed by atoms with Crippen LogP contribution in [0, 0.1) is 5.92 Å². The largest absolute Gasteiger partial charge is 0.390 e. The first-order chi connectivity index (χ1) is 11.4. The quantitative estimate of drug-likeness (QED) is 0.920. The van der Waals surface area contributed by atoms with Gasteiger partial charge in [0, 0.05) is 24.6 Å². The van der Waals surface area contributed by atoms with Gasteiger partial charge in [-0.1, -0.05) is 35.0 Å². The molecule has 3 rings (SSSR count). The molecule has 1 aromatic carbocycles. The molecule has 1 atom stereocenters. The SMILES string of the molecule is CC(C)(O)[C@H]1CCCN(C(=O)c2conc2-c2ccccc2Cl)C1. The van der Waals surface area contributed by atoms with Crippen LogP contribution >= 0.6 is 11.6 Å². The lowest BCUT2D eigenvalue weighted by Crippen LogP contribution is -2.47. The minimum absolute atomic E-state index is 0.0545. The summed E-state index contributed by atoms with van der Waals surface area (Å²) in [4.78, 5) is 14.7. The molecule has 2 heterocycles. The first-order valence-corrected chi connectivity index (χ1v) is 8.46. The minimum atomic E-state index is -0.806. The van der Waals surface area contributed by atoms with Gasteiger partial charge in [0.25, 0.3) is 5.91 Å². The Morgan fingerprint density at radius 2 is 2.17 bits per heavy atom. The van der Waals surface area contributed by atoms with Gasteiger partial charge in [0.1, 0.15) is 17.5 Å². The summed E-state index contributed by atoms with van der Waals surface area (Å²) in [6, 6.07) is 7.24. The van der Waals surface area contributed by atoms with E-state index in [9.17, 15) is 9.90 Å². The molecule has 0 saturated carbocycles. The van der Waals surface area contributed by atoms with Crippen molar-refractivity contribution < 1.29 is 14.4 Å². The molecule has 0 bridgehead atoms. The van der Waals surface area contributed by atoms with Gasteiger partial charge < -0.3 is 14.5 Å². The smallest absolute Gasteiger partial charge is 0.259 e. The Morgan fingerprint density at radius 3 is 2.88 bits per heavy atom. The number of aromatic nitrogens is 1. The monoisotopic (exact) mass is 348 g/mol. The van der Waals surface area contributed by atoms with E-state index in [2.05, 4.69) is 5.16 Å². The van der Waals surface area contributed by atoms with Crippen LogP contribution in [0.2, 0.25) is 5.02 Å². The molecule has 1 aromatic heterocycles. The summed E-state index contributed by atoms with van der Waals surface area (Å²) < 4.78 is 5.06. The third kappa shape index (κ3) is 3.32. The van der Waals surface area contributed by atoms with Crippen molar-refractivity contribution in [1.29, 1.82) is 0 Å². The molecular formula is C18H21ClN2O3. The second-order valence-electron chi connectivity index (χ2n) is 6.80. The molecule has 1 fully saturated rings. The van der Waals surface area contributed by atoms with Crippen LogP contribution in [0.5, 0.6) is 0 Å². The third-order valence-electron chi connectivity index (χ3n) is 4.64. The highest BCUT2D eigenvalue weighted by Gasteiger charge is 2.34. The Kier molecular flexibility index (Phi) is 4.65.